The first kappa shape index (κ1) is 25.1. The van der Waals surface area contributed by atoms with Crippen LogP contribution in [0, 0.1) is 0 Å². The van der Waals surface area contributed by atoms with Crippen LogP contribution in [0.3, 0.4) is 0 Å². The monoisotopic (exact) mass is 373 g/mol. The van der Waals surface area contributed by atoms with Gasteiger partial charge in [-0.2, -0.15) is 0 Å². The zero-order valence-corrected chi connectivity index (χ0v) is 19.2. The molecule has 0 spiro atoms. The molecule has 25 heavy (non-hydrogen) atoms. The van der Waals surface area contributed by atoms with Gasteiger partial charge in [0.2, 0.25) is 0 Å². The molecule has 0 aromatic rings. The summed E-state index contributed by atoms with van der Waals surface area (Å²) in [6.07, 6.45) is 17.6. The molecule has 0 rings (SSSR count). The number of unbranched alkanes of at least 4 members (excludes halogenated alkanes) is 10. The fraction of sp³-hybridized carbons (Fsp3) is 1.00. The van der Waals surface area contributed by atoms with Crippen molar-refractivity contribution in [2.45, 2.75) is 110 Å². The maximum Gasteiger partial charge on any atom is 0.338 e. The Labute approximate surface area is 160 Å². The van der Waals surface area contributed by atoms with Crippen LogP contribution in [0.25, 0.3) is 0 Å². The molecule has 152 valence electrons. The lowest BCUT2D eigenvalue weighted by molar-refractivity contribution is 0.171. The van der Waals surface area contributed by atoms with Gasteiger partial charge in [0.15, 0.2) is 0 Å². The Kier molecular flexibility index (Phi) is 18.9. The maximum atomic E-state index is 5.73. The van der Waals surface area contributed by atoms with Gasteiger partial charge < -0.3 is 8.85 Å². The first-order valence-electron chi connectivity index (χ1n) is 11.0. The largest absolute Gasteiger partial charge is 0.399 e. The molecule has 0 aliphatic rings. The third-order valence-electron chi connectivity index (χ3n) is 5.26. The molecule has 0 saturated heterocycles. The number of hydrogen-bond donors (Lipinski definition) is 0. The van der Waals surface area contributed by atoms with Gasteiger partial charge in [0, 0.05) is 14.2 Å². The molecule has 0 aliphatic carbocycles. The van der Waals surface area contributed by atoms with Gasteiger partial charge in [-0.3, -0.25) is 4.90 Å². The summed E-state index contributed by atoms with van der Waals surface area (Å²) in [4.78, 5) is 2.70. The molecule has 4 heteroatoms. The summed E-state index contributed by atoms with van der Waals surface area (Å²) in [6, 6.07) is 0. The highest BCUT2D eigenvalue weighted by atomic mass is 28.3. The van der Waals surface area contributed by atoms with Crippen LogP contribution in [0.5, 0.6) is 0 Å². The van der Waals surface area contributed by atoms with E-state index in [2.05, 4.69) is 25.7 Å². The van der Waals surface area contributed by atoms with Gasteiger partial charge in [-0.15, -0.1) is 0 Å². The predicted octanol–water partition coefficient (Wildman–Crippen LogP) is 5.84. The Morgan fingerprint density at radius 1 is 0.640 bits per heavy atom. The second-order valence-corrected chi connectivity index (χ2v) is 9.84. The van der Waals surface area contributed by atoms with Gasteiger partial charge in [0.1, 0.15) is 0 Å². The molecule has 3 nitrogen and oxygen atoms in total. The molecular formula is C21H47NO2Si. The molecule has 0 aromatic heterocycles. The van der Waals surface area contributed by atoms with Crippen molar-refractivity contribution in [1.29, 1.82) is 0 Å². The summed E-state index contributed by atoms with van der Waals surface area (Å²) in [5.41, 5.74) is 0.515. The predicted molar refractivity (Wildman–Crippen MR) is 114 cm³/mol. The number of nitrogens with zero attached hydrogens (tertiary/aromatic N) is 1. The molecule has 0 saturated carbocycles. The Balaban J connectivity index is 4.32. The van der Waals surface area contributed by atoms with E-state index in [1.165, 1.54) is 90.1 Å². The van der Waals surface area contributed by atoms with Crippen molar-refractivity contribution in [3.05, 3.63) is 0 Å². The van der Waals surface area contributed by atoms with Crippen LogP contribution in [-0.4, -0.2) is 47.2 Å². The summed E-state index contributed by atoms with van der Waals surface area (Å²) in [6.45, 7) is 9.30. The van der Waals surface area contributed by atoms with Crippen molar-refractivity contribution in [1.82, 2.24) is 4.90 Å². The minimum absolute atomic E-state index is 0.515. The van der Waals surface area contributed by atoms with Crippen LogP contribution in [0.1, 0.15) is 104 Å². The van der Waals surface area contributed by atoms with Crippen LogP contribution >= 0.6 is 0 Å². The zero-order valence-electron chi connectivity index (χ0n) is 18.0. The lowest BCUT2D eigenvalue weighted by Gasteiger charge is -2.34. The molecule has 0 aliphatic heterocycles. The van der Waals surface area contributed by atoms with E-state index in [1.807, 2.05) is 14.2 Å². The van der Waals surface area contributed by atoms with E-state index in [4.69, 9.17) is 8.85 Å². The third-order valence-corrected chi connectivity index (χ3v) is 7.71. The van der Waals surface area contributed by atoms with E-state index < -0.39 is 9.28 Å². The van der Waals surface area contributed by atoms with Crippen molar-refractivity contribution in [2.24, 2.45) is 0 Å². The first-order chi connectivity index (χ1) is 12.2. The van der Waals surface area contributed by atoms with E-state index in [0.29, 0.717) is 5.67 Å². The molecule has 0 heterocycles. The maximum absolute atomic E-state index is 5.73. The van der Waals surface area contributed by atoms with Gasteiger partial charge in [0.05, 0.1) is 5.67 Å². The van der Waals surface area contributed by atoms with E-state index >= 15 is 0 Å². The summed E-state index contributed by atoms with van der Waals surface area (Å²) in [5, 5.41) is 0. The van der Waals surface area contributed by atoms with Gasteiger partial charge >= 0.3 is 9.28 Å². The van der Waals surface area contributed by atoms with Crippen LogP contribution in [0.2, 0.25) is 0 Å². The lowest BCUT2D eigenvalue weighted by Crippen LogP contribution is -2.49. The molecule has 0 N–H and O–H groups in total. The summed E-state index contributed by atoms with van der Waals surface area (Å²) < 4.78 is 11.5. The Bertz CT molecular complexity index is 246. The van der Waals surface area contributed by atoms with E-state index in [0.717, 1.165) is 6.42 Å². The molecule has 0 fully saturated rings. The quantitative estimate of drug-likeness (QED) is 0.210. The first-order valence-corrected chi connectivity index (χ1v) is 12.7. The summed E-state index contributed by atoms with van der Waals surface area (Å²) in [5.74, 6) is 0. The molecule has 1 atom stereocenters. The van der Waals surface area contributed by atoms with Crippen LogP contribution in [0.15, 0.2) is 0 Å². The average Bonchev–Trinajstić information content (AvgIpc) is 2.63. The summed E-state index contributed by atoms with van der Waals surface area (Å²) >= 11 is 0. The standard InChI is InChI=1S/C21H47NO2Si/c1-6-9-11-13-15-17-19-22(20-18-16-14-12-10-7-2)21(8-3)25(23-4)24-5/h21,25H,6-20H2,1-5H3. The Morgan fingerprint density at radius 2 is 1.04 bits per heavy atom. The molecule has 0 amide bonds. The Hall–Kier alpha value is 0.0969. The molecule has 0 aromatic carbocycles. The van der Waals surface area contributed by atoms with Crippen molar-refractivity contribution < 1.29 is 8.85 Å². The molecule has 1 unspecified atom stereocenters. The van der Waals surface area contributed by atoms with Gasteiger partial charge in [-0.25, -0.2) is 0 Å². The molecule has 0 radical (unpaired) electrons. The fourth-order valence-corrected chi connectivity index (χ4v) is 5.52. The highest BCUT2D eigenvalue weighted by Crippen LogP contribution is 2.15. The van der Waals surface area contributed by atoms with Crippen molar-refractivity contribution in [3.63, 3.8) is 0 Å². The second kappa shape index (κ2) is 18.9. The normalized spacial score (nSPS) is 13.1. The highest BCUT2D eigenvalue weighted by molar-refractivity contribution is 6.46. The van der Waals surface area contributed by atoms with E-state index in [-0.39, 0.29) is 0 Å². The van der Waals surface area contributed by atoms with Crippen molar-refractivity contribution >= 4 is 9.28 Å². The van der Waals surface area contributed by atoms with Gasteiger partial charge in [-0.1, -0.05) is 85.0 Å². The minimum Gasteiger partial charge on any atom is -0.399 e. The van der Waals surface area contributed by atoms with Crippen molar-refractivity contribution in [2.75, 3.05) is 27.3 Å². The third kappa shape index (κ3) is 13.0. The van der Waals surface area contributed by atoms with E-state index in [1.54, 1.807) is 0 Å². The second-order valence-electron chi connectivity index (χ2n) is 7.39. The van der Waals surface area contributed by atoms with Crippen LogP contribution < -0.4 is 0 Å². The number of rotatable bonds is 19. The van der Waals surface area contributed by atoms with E-state index in [9.17, 15) is 0 Å². The lowest BCUT2D eigenvalue weighted by atomic mass is 10.1. The highest BCUT2D eigenvalue weighted by Gasteiger charge is 2.28. The van der Waals surface area contributed by atoms with Gasteiger partial charge in [0.25, 0.3) is 0 Å². The fourth-order valence-electron chi connectivity index (χ4n) is 3.67. The summed E-state index contributed by atoms with van der Waals surface area (Å²) in [7, 11) is 2.08. The molecular weight excluding hydrogens is 326 g/mol. The average molecular weight is 374 g/mol. The number of hydrogen-bond acceptors (Lipinski definition) is 3. The molecule has 0 bridgehead atoms. The SMILES string of the molecule is CCCCCCCCN(CCCCCCCC)C(CC)[SiH](OC)OC. The minimum atomic E-state index is -1.58. The zero-order chi connectivity index (χ0) is 18.8. The smallest absolute Gasteiger partial charge is 0.338 e. The van der Waals surface area contributed by atoms with Crippen LogP contribution in [0.4, 0.5) is 0 Å². The van der Waals surface area contributed by atoms with Crippen LogP contribution in [-0.2, 0) is 8.85 Å². The Morgan fingerprint density at radius 3 is 1.40 bits per heavy atom. The topological polar surface area (TPSA) is 21.7 Å². The van der Waals surface area contributed by atoms with Gasteiger partial charge in [-0.05, 0) is 32.4 Å². The van der Waals surface area contributed by atoms with Crippen molar-refractivity contribution in [3.8, 4) is 0 Å².